The third kappa shape index (κ3) is 2.89. The lowest BCUT2D eigenvalue weighted by Crippen LogP contribution is -2.43. The lowest BCUT2D eigenvalue weighted by Gasteiger charge is -2.39. The number of benzene rings is 2. The summed E-state index contributed by atoms with van der Waals surface area (Å²) in [4.78, 5) is 14.0. The molecule has 2 atom stereocenters. The summed E-state index contributed by atoms with van der Waals surface area (Å²) in [6.45, 7) is 3.87. The van der Waals surface area contributed by atoms with Gasteiger partial charge in [-0.1, -0.05) is 11.6 Å². The molecule has 25 heavy (non-hydrogen) atoms. The molecule has 0 fully saturated rings. The zero-order chi connectivity index (χ0) is 17.6. The van der Waals surface area contributed by atoms with Crippen LogP contribution in [0.4, 0.5) is 11.4 Å². The highest BCUT2D eigenvalue weighted by atomic mass is 35.5. The second-order valence-corrected chi connectivity index (χ2v) is 6.88. The average Bonchev–Trinajstić information content (AvgIpc) is 3.02. The highest BCUT2D eigenvalue weighted by molar-refractivity contribution is 6.30. The summed E-state index contributed by atoms with van der Waals surface area (Å²) in [6.07, 6.45) is 0.800. The Morgan fingerprint density at radius 1 is 1.20 bits per heavy atom. The standard InChI is InChI=1S/C19H19ClN2O3/c1-11-7-16(21-14-5-3-13(20)4-6-14)15-8-18-19(25-10-24-18)9-17(15)22(11)12(2)23/h3-6,8-9,11,16,21H,7,10H2,1-2H3. The molecule has 2 aromatic rings. The van der Waals surface area contributed by atoms with Crippen molar-refractivity contribution in [3.8, 4) is 11.5 Å². The normalized spacial score (nSPS) is 21.0. The van der Waals surface area contributed by atoms with Gasteiger partial charge in [-0.25, -0.2) is 0 Å². The molecule has 2 heterocycles. The van der Waals surface area contributed by atoms with E-state index in [0.717, 1.165) is 29.1 Å². The molecule has 0 saturated carbocycles. The molecule has 6 heteroatoms. The number of halogens is 1. The number of rotatable bonds is 2. The first-order valence-electron chi connectivity index (χ1n) is 8.28. The number of nitrogens with zero attached hydrogens (tertiary/aromatic N) is 1. The maximum atomic E-state index is 12.2. The van der Waals surface area contributed by atoms with Gasteiger partial charge in [-0.3, -0.25) is 4.79 Å². The highest BCUT2D eigenvalue weighted by Crippen LogP contribution is 2.46. The van der Waals surface area contributed by atoms with Crippen molar-refractivity contribution in [2.75, 3.05) is 17.0 Å². The van der Waals surface area contributed by atoms with Gasteiger partial charge >= 0.3 is 0 Å². The summed E-state index contributed by atoms with van der Waals surface area (Å²) >= 11 is 5.97. The first-order chi connectivity index (χ1) is 12.0. The Hall–Kier alpha value is -2.40. The van der Waals surface area contributed by atoms with E-state index < -0.39 is 0 Å². The Morgan fingerprint density at radius 2 is 1.88 bits per heavy atom. The summed E-state index contributed by atoms with van der Waals surface area (Å²) in [7, 11) is 0. The van der Waals surface area contributed by atoms with Crippen molar-refractivity contribution in [3.63, 3.8) is 0 Å². The first-order valence-corrected chi connectivity index (χ1v) is 8.66. The maximum Gasteiger partial charge on any atom is 0.231 e. The van der Waals surface area contributed by atoms with Crippen LogP contribution in [0.1, 0.15) is 31.9 Å². The Bertz CT molecular complexity index is 822. The molecule has 1 amide bonds. The molecule has 2 aliphatic heterocycles. The van der Waals surface area contributed by atoms with Crippen LogP contribution < -0.4 is 19.7 Å². The van der Waals surface area contributed by atoms with E-state index in [-0.39, 0.29) is 24.8 Å². The number of carbonyl (C=O) groups is 1. The van der Waals surface area contributed by atoms with E-state index in [1.165, 1.54) is 0 Å². The molecular formula is C19H19ClN2O3. The largest absolute Gasteiger partial charge is 0.454 e. The van der Waals surface area contributed by atoms with Gasteiger partial charge < -0.3 is 19.7 Å². The van der Waals surface area contributed by atoms with Crippen molar-refractivity contribution in [2.45, 2.75) is 32.4 Å². The Balaban J connectivity index is 1.75. The van der Waals surface area contributed by atoms with E-state index in [1.54, 1.807) is 6.92 Å². The molecule has 0 spiro atoms. The zero-order valence-electron chi connectivity index (χ0n) is 14.1. The molecule has 2 aromatic carbocycles. The van der Waals surface area contributed by atoms with Crippen molar-refractivity contribution in [1.29, 1.82) is 0 Å². The number of hydrogen-bond donors (Lipinski definition) is 1. The van der Waals surface area contributed by atoms with E-state index >= 15 is 0 Å². The summed E-state index contributed by atoms with van der Waals surface area (Å²) in [5, 5.41) is 4.26. The van der Waals surface area contributed by atoms with Crippen molar-refractivity contribution < 1.29 is 14.3 Å². The van der Waals surface area contributed by atoms with E-state index in [0.29, 0.717) is 10.8 Å². The number of amides is 1. The van der Waals surface area contributed by atoms with Crippen LogP contribution in [0.3, 0.4) is 0 Å². The number of ether oxygens (including phenoxy) is 2. The predicted molar refractivity (Wildman–Crippen MR) is 97.6 cm³/mol. The Labute approximate surface area is 151 Å². The molecular weight excluding hydrogens is 340 g/mol. The van der Waals surface area contributed by atoms with Gasteiger partial charge in [-0.15, -0.1) is 0 Å². The monoisotopic (exact) mass is 358 g/mol. The minimum absolute atomic E-state index is 0.0255. The van der Waals surface area contributed by atoms with Gasteiger partial charge in [-0.05, 0) is 43.7 Å². The fourth-order valence-corrected chi connectivity index (χ4v) is 3.74. The van der Waals surface area contributed by atoms with Crippen LogP contribution in [-0.2, 0) is 4.79 Å². The van der Waals surface area contributed by atoms with Crippen molar-refractivity contribution in [3.05, 3.63) is 47.0 Å². The summed E-state index contributed by atoms with van der Waals surface area (Å²) in [5.74, 6) is 1.43. The van der Waals surface area contributed by atoms with Gasteiger partial charge in [0.2, 0.25) is 12.7 Å². The lowest BCUT2D eigenvalue weighted by atomic mass is 9.91. The molecule has 2 unspecified atom stereocenters. The van der Waals surface area contributed by atoms with Crippen molar-refractivity contribution >= 4 is 28.9 Å². The van der Waals surface area contributed by atoms with Gasteiger partial charge in [0.05, 0.1) is 11.7 Å². The topological polar surface area (TPSA) is 50.8 Å². The smallest absolute Gasteiger partial charge is 0.231 e. The van der Waals surface area contributed by atoms with Crippen LogP contribution in [0, 0.1) is 0 Å². The van der Waals surface area contributed by atoms with Crippen LogP contribution >= 0.6 is 11.6 Å². The molecule has 0 aromatic heterocycles. The third-order valence-electron chi connectivity index (χ3n) is 4.70. The fourth-order valence-electron chi connectivity index (χ4n) is 3.61. The third-order valence-corrected chi connectivity index (χ3v) is 4.95. The van der Waals surface area contributed by atoms with Gasteiger partial charge in [0.1, 0.15) is 0 Å². The second-order valence-electron chi connectivity index (χ2n) is 6.44. The minimum Gasteiger partial charge on any atom is -0.454 e. The minimum atomic E-state index is 0.0255. The molecule has 0 radical (unpaired) electrons. The van der Waals surface area contributed by atoms with Gasteiger partial charge in [0, 0.05) is 35.3 Å². The maximum absolute atomic E-state index is 12.2. The number of nitrogens with one attached hydrogen (secondary N) is 1. The summed E-state index contributed by atoms with van der Waals surface area (Å²) in [5.41, 5.74) is 2.90. The van der Waals surface area contributed by atoms with E-state index in [9.17, 15) is 4.79 Å². The SMILES string of the molecule is CC(=O)N1c2cc3c(cc2C(Nc2ccc(Cl)cc2)CC1C)OCO3. The molecule has 0 bridgehead atoms. The predicted octanol–water partition coefficient (Wildman–Crippen LogP) is 4.37. The molecule has 4 rings (SSSR count). The first kappa shape index (κ1) is 16.1. The van der Waals surface area contributed by atoms with E-state index in [4.69, 9.17) is 21.1 Å². The number of anilines is 2. The van der Waals surface area contributed by atoms with E-state index in [2.05, 4.69) is 12.2 Å². The van der Waals surface area contributed by atoms with E-state index in [1.807, 2.05) is 41.3 Å². The Kier molecular flexibility index (Phi) is 3.96. The van der Waals surface area contributed by atoms with Crippen LogP contribution in [0.2, 0.25) is 5.02 Å². The van der Waals surface area contributed by atoms with Crippen molar-refractivity contribution in [1.82, 2.24) is 0 Å². The molecule has 5 nitrogen and oxygen atoms in total. The number of hydrogen-bond acceptors (Lipinski definition) is 4. The molecule has 130 valence electrons. The van der Waals surface area contributed by atoms with Gasteiger partial charge in [0.25, 0.3) is 0 Å². The van der Waals surface area contributed by atoms with Gasteiger partial charge in [-0.2, -0.15) is 0 Å². The Morgan fingerprint density at radius 3 is 2.56 bits per heavy atom. The number of fused-ring (bicyclic) bond motifs is 2. The molecule has 2 aliphatic rings. The molecule has 0 aliphatic carbocycles. The summed E-state index contributed by atoms with van der Waals surface area (Å²) in [6, 6.07) is 11.7. The van der Waals surface area contributed by atoms with Crippen LogP contribution in [0.15, 0.2) is 36.4 Å². The lowest BCUT2D eigenvalue weighted by molar-refractivity contribution is -0.117. The van der Waals surface area contributed by atoms with Crippen LogP contribution in [0.5, 0.6) is 11.5 Å². The fraction of sp³-hybridized carbons (Fsp3) is 0.316. The van der Waals surface area contributed by atoms with Crippen LogP contribution in [-0.4, -0.2) is 18.7 Å². The zero-order valence-corrected chi connectivity index (χ0v) is 14.8. The highest BCUT2D eigenvalue weighted by Gasteiger charge is 2.34. The molecule has 0 saturated heterocycles. The van der Waals surface area contributed by atoms with Gasteiger partial charge in [0.15, 0.2) is 11.5 Å². The average molecular weight is 359 g/mol. The van der Waals surface area contributed by atoms with Crippen molar-refractivity contribution in [2.24, 2.45) is 0 Å². The molecule has 1 N–H and O–H groups in total. The summed E-state index contributed by atoms with van der Waals surface area (Å²) < 4.78 is 11.0. The quantitative estimate of drug-likeness (QED) is 0.866. The number of carbonyl (C=O) groups excluding carboxylic acids is 1. The van der Waals surface area contributed by atoms with Crippen LogP contribution in [0.25, 0.3) is 0 Å². The second kappa shape index (κ2) is 6.15.